The molecule has 0 aliphatic carbocycles. The van der Waals surface area contributed by atoms with Gasteiger partial charge in [0, 0.05) is 38.6 Å². The maximum absolute atomic E-state index is 10.9. The predicted molar refractivity (Wildman–Crippen MR) is 92.3 cm³/mol. The molecule has 2 unspecified atom stereocenters. The minimum absolute atomic E-state index is 0.0169. The standard InChI is InChI=1S/C18H28N2O4/c1-14-6-7-16(11-20(14)9-8-19(2)18(22)23)13-24-17-5-3-4-15(10-17)12-21/h3-5,10,14,16,21H,6-9,11-13H2,1-2H3,(H,22,23). The summed E-state index contributed by atoms with van der Waals surface area (Å²) in [7, 11) is 1.60. The van der Waals surface area contributed by atoms with Gasteiger partial charge in [-0.15, -0.1) is 0 Å². The molecule has 24 heavy (non-hydrogen) atoms. The topological polar surface area (TPSA) is 73.2 Å². The van der Waals surface area contributed by atoms with E-state index >= 15 is 0 Å². The number of aliphatic hydroxyl groups excluding tert-OH is 1. The van der Waals surface area contributed by atoms with Gasteiger partial charge in [-0.3, -0.25) is 4.90 Å². The van der Waals surface area contributed by atoms with E-state index in [1.54, 1.807) is 7.05 Å². The fourth-order valence-electron chi connectivity index (χ4n) is 3.03. The van der Waals surface area contributed by atoms with Gasteiger partial charge in [0.15, 0.2) is 0 Å². The van der Waals surface area contributed by atoms with Gasteiger partial charge < -0.3 is 19.8 Å². The third-order valence-corrected chi connectivity index (χ3v) is 4.72. The first-order valence-electron chi connectivity index (χ1n) is 8.50. The van der Waals surface area contributed by atoms with E-state index in [-0.39, 0.29) is 6.61 Å². The first-order valence-corrected chi connectivity index (χ1v) is 8.50. The zero-order valence-electron chi connectivity index (χ0n) is 14.5. The van der Waals surface area contributed by atoms with Crippen molar-refractivity contribution in [2.45, 2.75) is 32.4 Å². The number of benzene rings is 1. The van der Waals surface area contributed by atoms with E-state index in [2.05, 4.69) is 11.8 Å². The van der Waals surface area contributed by atoms with Crippen LogP contribution in [0.25, 0.3) is 0 Å². The molecular formula is C18H28N2O4. The second kappa shape index (κ2) is 8.89. The summed E-state index contributed by atoms with van der Waals surface area (Å²) in [6.07, 6.45) is 1.33. The maximum Gasteiger partial charge on any atom is 0.407 e. The summed E-state index contributed by atoms with van der Waals surface area (Å²) in [6.45, 7) is 5.05. The van der Waals surface area contributed by atoms with Crippen molar-refractivity contribution >= 4 is 6.09 Å². The van der Waals surface area contributed by atoms with Gasteiger partial charge in [-0.1, -0.05) is 12.1 Å². The number of aliphatic hydroxyl groups is 1. The van der Waals surface area contributed by atoms with E-state index in [4.69, 9.17) is 9.84 Å². The Labute approximate surface area is 143 Å². The highest BCUT2D eigenvalue weighted by atomic mass is 16.5. The fraction of sp³-hybridized carbons (Fsp3) is 0.611. The Morgan fingerprint density at radius 3 is 2.92 bits per heavy atom. The van der Waals surface area contributed by atoms with Crippen molar-refractivity contribution < 1.29 is 19.7 Å². The molecule has 1 heterocycles. The molecule has 2 atom stereocenters. The lowest BCUT2D eigenvalue weighted by Gasteiger charge is -2.38. The van der Waals surface area contributed by atoms with Crippen LogP contribution in [0.1, 0.15) is 25.3 Å². The highest BCUT2D eigenvalue weighted by molar-refractivity contribution is 5.64. The van der Waals surface area contributed by atoms with Gasteiger partial charge in [0.2, 0.25) is 0 Å². The average molecular weight is 336 g/mol. The summed E-state index contributed by atoms with van der Waals surface area (Å²) in [5.41, 5.74) is 0.850. The van der Waals surface area contributed by atoms with Gasteiger partial charge in [-0.25, -0.2) is 4.79 Å². The van der Waals surface area contributed by atoms with Crippen LogP contribution >= 0.6 is 0 Å². The van der Waals surface area contributed by atoms with Gasteiger partial charge >= 0.3 is 6.09 Å². The smallest absolute Gasteiger partial charge is 0.407 e. The Hall–Kier alpha value is -1.79. The normalized spacial score (nSPS) is 21.5. The Morgan fingerprint density at radius 2 is 2.21 bits per heavy atom. The molecule has 1 aliphatic rings. The van der Waals surface area contributed by atoms with Crippen LogP contribution in [-0.2, 0) is 6.61 Å². The lowest BCUT2D eigenvalue weighted by molar-refractivity contribution is 0.0799. The number of hydrogen-bond donors (Lipinski definition) is 2. The SMILES string of the molecule is CC1CCC(COc2cccc(CO)c2)CN1CCN(C)C(=O)O. The van der Waals surface area contributed by atoms with Crippen LogP contribution < -0.4 is 4.74 Å². The summed E-state index contributed by atoms with van der Waals surface area (Å²) < 4.78 is 5.89. The molecule has 0 bridgehead atoms. The summed E-state index contributed by atoms with van der Waals surface area (Å²) in [5, 5.41) is 18.1. The van der Waals surface area contributed by atoms with Crippen LogP contribution in [0.15, 0.2) is 24.3 Å². The molecule has 134 valence electrons. The molecule has 1 fully saturated rings. The fourth-order valence-corrected chi connectivity index (χ4v) is 3.03. The Balaban J connectivity index is 1.82. The lowest BCUT2D eigenvalue weighted by atomic mass is 9.94. The van der Waals surface area contributed by atoms with Gasteiger partial charge in [0.1, 0.15) is 5.75 Å². The Bertz CT molecular complexity index is 538. The van der Waals surface area contributed by atoms with E-state index < -0.39 is 6.09 Å². The summed E-state index contributed by atoms with van der Waals surface area (Å²) in [6, 6.07) is 8.00. The molecular weight excluding hydrogens is 308 g/mol. The van der Waals surface area contributed by atoms with E-state index in [1.807, 2.05) is 24.3 Å². The van der Waals surface area contributed by atoms with E-state index in [1.165, 1.54) is 4.90 Å². The van der Waals surface area contributed by atoms with Crippen molar-refractivity contribution in [2.75, 3.05) is 33.3 Å². The zero-order valence-corrected chi connectivity index (χ0v) is 14.5. The lowest BCUT2D eigenvalue weighted by Crippen LogP contribution is -2.46. The molecule has 1 aromatic carbocycles. The number of carbonyl (C=O) groups is 1. The molecule has 2 N–H and O–H groups in total. The van der Waals surface area contributed by atoms with Crippen LogP contribution in [0, 0.1) is 5.92 Å². The molecule has 1 amide bonds. The van der Waals surface area contributed by atoms with Gasteiger partial charge in [-0.05, 0) is 37.5 Å². The number of likely N-dealkylation sites (N-methyl/N-ethyl adjacent to an activating group) is 1. The maximum atomic E-state index is 10.9. The molecule has 0 saturated carbocycles. The first kappa shape index (κ1) is 18.5. The number of nitrogens with zero attached hydrogens (tertiary/aromatic N) is 2. The zero-order chi connectivity index (χ0) is 17.5. The van der Waals surface area contributed by atoms with Crippen LogP contribution in [0.3, 0.4) is 0 Å². The van der Waals surface area contributed by atoms with Crippen molar-refractivity contribution in [1.29, 1.82) is 0 Å². The Morgan fingerprint density at radius 1 is 1.42 bits per heavy atom. The van der Waals surface area contributed by atoms with Gasteiger partial charge in [0.05, 0.1) is 13.2 Å². The summed E-state index contributed by atoms with van der Waals surface area (Å²) in [4.78, 5) is 14.6. The van der Waals surface area contributed by atoms with Gasteiger partial charge in [-0.2, -0.15) is 0 Å². The van der Waals surface area contributed by atoms with E-state index in [0.29, 0.717) is 25.1 Å². The summed E-state index contributed by atoms with van der Waals surface area (Å²) >= 11 is 0. The molecule has 1 saturated heterocycles. The average Bonchev–Trinajstić information content (AvgIpc) is 2.59. The third-order valence-electron chi connectivity index (χ3n) is 4.72. The minimum atomic E-state index is -0.886. The van der Waals surface area contributed by atoms with Gasteiger partial charge in [0.25, 0.3) is 0 Å². The Kier molecular flexibility index (Phi) is 6.87. The van der Waals surface area contributed by atoms with Crippen LogP contribution in [-0.4, -0.2) is 65.4 Å². The first-order chi connectivity index (χ1) is 11.5. The number of rotatable bonds is 7. The van der Waals surface area contributed by atoms with Crippen molar-refractivity contribution in [2.24, 2.45) is 5.92 Å². The highest BCUT2D eigenvalue weighted by Gasteiger charge is 2.26. The van der Waals surface area contributed by atoms with E-state index in [9.17, 15) is 9.90 Å². The van der Waals surface area contributed by atoms with Crippen molar-refractivity contribution in [3.8, 4) is 5.75 Å². The highest BCUT2D eigenvalue weighted by Crippen LogP contribution is 2.23. The van der Waals surface area contributed by atoms with Crippen molar-refractivity contribution in [3.63, 3.8) is 0 Å². The van der Waals surface area contributed by atoms with E-state index in [0.717, 1.165) is 37.2 Å². The number of carboxylic acid groups (broad SMARTS) is 1. The number of piperidine rings is 1. The molecule has 1 aliphatic heterocycles. The third kappa shape index (κ3) is 5.39. The molecule has 6 heteroatoms. The van der Waals surface area contributed by atoms with Crippen molar-refractivity contribution in [3.05, 3.63) is 29.8 Å². The molecule has 0 aromatic heterocycles. The molecule has 0 radical (unpaired) electrons. The second-order valence-electron chi connectivity index (χ2n) is 6.61. The second-order valence-corrected chi connectivity index (χ2v) is 6.61. The molecule has 0 spiro atoms. The quantitative estimate of drug-likeness (QED) is 0.799. The minimum Gasteiger partial charge on any atom is -0.493 e. The number of likely N-dealkylation sites (tertiary alicyclic amines) is 1. The van der Waals surface area contributed by atoms with Crippen LogP contribution in [0.2, 0.25) is 0 Å². The largest absolute Gasteiger partial charge is 0.493 e. The molecule has 6 nitrogen and oxygen atoms in total. The molecule has 2 rings (SSSR count). The predicted octanol–water partition coefficient (Wildman–Crippen LogP) is 2.27. The van der Waals surface area contributed by atoms with Crippen LogP contribution in [0.4, 0.5) is 4.79 Å². The number of amides is 1. The number of hydrogen-bond acceptors (Lipinski definition) is 4. The van der Waals surface area contributed by atoms with Crippen LogP contribution in [0.5, 0.6) is 5.75 Å². The summed E-state index contributed by atoms with van der Waals surface area (Å²) in [5.74, 6) is 1.23. The number of ether oxygens (including phenoxy) is 1. The van der Waals surface area contributed by atoms with Crippen molar-refractivity contribution in [1.82, 2.24) is 9.80 Å². The molecule has 1 aromatic rings. The monoisotopic (exact) mass is 336 g/mol.